The average Bonchev–Trinajstić information content (AvgIpc) is 2.19. The number of hydrogen-bond donors (Lipinski definition) is 1. The number of nitrogens with one attached hydrogen (secondary N) is 1. The van der Waals surface area contributed by atoms with Crippen LogP contribution in [0.1, 0.15) is 18.1 Å². The summed E-state index contributed by atoms with van der Waals surface area (Å²) < 4.78 is 0.950. The third-order valence-electron chi connectivity index (χ3n) is 2.61. The molecule has 2 rings (SSSR count). The maximum Gasteiger partial charge on any atom is 0.192 e. The Balaban J connectivity index is 2.93. The second kappa shape index (κ2) is 3.81. The zero-order chi connectivity index (χ0) is 11.0. The maximum atomic E-state index is 12.0. The Hall–Kier alpha value is -1.09. The van der Waals surface area contributed by atoms with Crippen LogP contribution in [-0.4, -0.2) is 4.98 Å². The van der Waals surface area contributed by atoms with Crippen molar-refractivity contribution in [3.05, 3.63) is 44.2 Å². The summed E-state index contributed by atoms with van der Waals surface area (Å²) in [6, 6.07) is 3.88. The van der Waals surface area contributed by atoms with Crippen LogP contribution in [0.5, 0.6) is 0 Å². The van der Waals surface area contributed by atoms with Gasteiger partial charge in [0.05, 0.1) is 5.52 Å². The molecule has 2 nitrogen and oxygen atoms in total. The first kappa shape index (κ1) is 10.4. The quantitative estimate of drug-likeness (QED) is 0.844. The van der Waals surface area contributed by atoms with Crippen molar-refractivity contribution in [1.29, 1.82) is 0 Å². The lowest BCUT2D eigenvalue weighted by Crippen LogP contribution is -2.09. The van der Waals surface area contributed by atoms with Gasteiger partial charge in [-0.1, -0.05) is 22.9 Å². The van der Waals surface area contributed by atoms with Crippen molar-refractivity contribution in [2.24, 2.45) is 0 Å². The van der Waals surface area contributed by atoms with Gasteiger partial charge >= 0.3 is 0 Å². The highest BCUT2D eigenvalue weighted by molar-refractivity contribution is 9.10. The lowest BCUT2D eigenvalue weighted by atomic mass is 10.1. The molecule has 0 unspecified atom stereocenters. The van der Waals surface area contributed by atoms with Crippen LogP contribution in [0, 0.1) is 6.92 Å². The van der Waals surface area contributed by atoms with Crippen molar-refractivity contribution >= 4 is 26.8 Å². The minimum atomic E-state index is 0.135. The fourth-order valence-electron chi connectivity index (χ4n) is 1.77. The smallest absolute Gasteiger partial charge is 0.192 e. The van der Waals surface area contributed by atoms with Crippen molar-refractivity contribution in [2.75, 3.05) is 0 Å². The fourth-order valence-corrected chi connectivity index (χ4v) is 2.35. The van der Waals surface area contributed by atoms with Gasteiger partial charge in [0.2, 0.25) is 0 Å². The predicted molar refractivity (Wildman–Crippen MR) is 66.4 cm³/mol. The highest BCUT2D eigenvalue weighted by atomic mass is 79.9. The summed E-state index contributed by atoms with van der Waals surface area (Å²) in [6.07, 6.45) is 2.57. The molecule has 0 amide bonds. The van der Waals surface area contributed by atoms with Gasteiger partial charge in [0.1, 0.15) is 0 Å². The van der Waals surface area contributed by atoms with E-state index in [1.54, 1.807) is 0 Å². The van der Waals surface area contributed by atoms with Crippen LogP contribution < -0.4 is 5.43 Å². The molecule has 1 aromatic heterocycles. The lowest BCUT2D eigenvalue weighted by molar-refractivity contribution is 1.10. The van der Waals surface area contributed by atoms with Crippen LogP contribution in [0.2, 0.25) is 0 Å². The molecule has 2 aromatic rings. The Morgan fingerprint density at radius 3 is 2.80 bits per heavy atom. The number of H-pyrrole nitrogens is 1. The van der Waals surface area contributed by atoms with E-state index in [9.17, 15) is 4.79 Å². The summed E-state index contributed by atoms with van der Waals surface area (Å²) >= 11 is 3.41. The van der Waals surface area contributed by atoms with Crippen LogP contribution in [0.4, 0.5) is 0 Å². The van der Waals surface area contributed by atoms with Gasteiger partial charge < -0.3 is 4.98 Å². The third kappa shape index (κ3) is 1.72. The molecule has 1 heterocycles. The first-order valence-electron chi connectivity index (χ1n) is 4.94. The van der Waals surface area contributed by atoms with Crippen molar-refractivity contribution in [3.63, 3.8) is 0 Å². The largest absolute Gasteiger partial charge is 0.360 e. The van der Waals surface area contributed by atoms with Crippen LogP contribution >= 0.6 is 15.9 Å². The van der Waals surface area contributed by atoms with E-state index < -0.39 is 0 Å². The molecule has 0 spiro atoms. The molecule has 0 aliphatic heterocycles. The van der Waals surface area contributed by atoms with Gasteiger partial charge in [-0.05, 0) is 31.0 Å². The number of aromatic nitrogens is 1. The zero-order valence-electron chi connectivity index (χ0n) is 8.73. The zero-order valence-corrected chi connectivity index (χ0v) is 10.3. The molecule has 0 aliphatic rings. The number of fused-ring (bicyclic) bond motifs is 1. The number of benzene rings is 1. The van der Waals surface area contributed by atoms with E-state index in [-0.39, 0.29) is 5.43 Å². The van der Waals surface area contributed by atoms with Crippen molar-refractivity contribution in [2.45, 2.75) is 20.3 Å². The van der Waals surface area contributed by atoms with Gasteiger partial charge in [-0.15, -0.1) is 0 Å². The number of hydrogen-bond acceptors (Lipinski definition) is 1. The van der Waals surface area contributed by atoms with Crippen LogP contribution in [0.3, 0.4) is 0 Å². The Morgan fingerprint density at radius 1 is 1.40 bits per heavy atom. The first-order chi connectivity index (χ1) is 7.13. The molecule has 15 heavy (non-hydrogen) atoms. The molecule has 3 heteroatoms. The van der Waals surface area contributed by atoms with E-state index in [1.807, 2.05) is 32.2 Å². The molecule has 0 fully saturated rings. The molecule has 0 saturated heterocycles. The monoisotopic (exact) mass is 265 g/mol. The van der Waals surface area contributed by atoms with Crippen molar-refractivity contribution in [3.8, 4) is 0 Å². The van der Waals surface area contributed by atoms with Gasteiger partial charge in [-0.3, -0.25) is 4.79 Å². The van der Waals surface area contributed by atoms with E-state index >= 15 is 0 Å². The van der Waals surface area contributed by atoms with Gasteiger partial charge in [-0.2, -0.15) is 0 Å². The molecule has 0 bridgehead atoms. The molecule has 0 radical (unpaired) electrons. The summed E-state index contributed by atoms with van der Waals surface area (Å²) in [5.41, 5.74) is 2.98. The molecule has 78 valence electrons. The number of halogens is 1. The molecular weight excluding hydrogens is 254 g/mol. The SMILES string of the molecule is CCc1c[nH]c2c(C)cc(Br)cc2c1=O. The Bertz CT molecular complexity index is 572. The highest BCUT2D eigenvalue weighted by Gasteiger charge is 2.06. The molecular formula is C12H12BrNO. The summed E-state index contributed by atoms with van der Waals surface area (Å²) in [5, 5.41) is 0.765. The standard InChI is InChI=1S/C12H12BrNO/c1-3-8-6-14-11-7(2)4-9(13)5-10(11)12(8)15/h4-6H,3H2,1-2H3,(H,14,15). The lowest BCUT2D eigenvalue weighted by Gasteiger charge is -2.04. The van der Waals surface area contributed by atoms with E-state index in [0.717, 1.165) is 32.9 Å². The number of pyridine rings is 1. The van der Waals surface area contributed by atoms with Gasteiger partial charge in [0.25, 0.3) is 0 Å². The van der Waals surface area contributed by atoms with Crippen molar-refractivity contribution in [1.82, 2.24) is 4.98 Å². The number of aryl methyl sites for hydroxylation is 2. The number of rotatable bonds is 1. The second-order valence-electron chi connectivity index (χ2n) is 3.64. The van der Waals surface area contributed by atoms with Crippen molar-refractivity contribution < 1.29 is 0 Å². The summed E-state index contributed by atoms with van der Waals surface area (Å²) in [7, 11) is 0. The fraction of sp³-hybridized carbons (Fsp3) is 0.250. The normalized spacial score (nSPS) is 10.9. The maximum absolute atomic E-state index is 12.0. The highest BCUT2D eigenvalue weighted by Crippen LogP contribution is 2.20. The molecule has 0 atom stereocenters. The van der Waals surface area contributed by atoms with Crippen LogP contribution in [0.15, 0.2) is 27.6 Å². The van der Waals surface area contributed by atoms with E-state index in [0.29, 0.717) is 0 Å². The minimum Gasteiger partial charge on any atom is -0.360 e. The van der Waals surface area contributed by atoms with Gasteiger partial charge in [0.15, 0.2) is 5.43 Å². The van der Waals surface area contributed by atoms with Crippen LogP contribution in [0.25, 0.3) is 10.9 Å². The van der Waals surface area contributed by atoms with E-state index in [2.05, 4.69) is 20.9 Å². The Kier molecular flexibility index (Phi) is 2.65. The summed E-state index contributed by atoms with van der Waals surface area (Å²) in [6.45, 7) is 3.98. The summed E-state index contributed by atoms with van der Waals surface area (Å²) in [4.78, 5) is 15.2. The first-order valence-corrected chi connectivity index (χ1v) is 5.73. The second-order valence-corrected chi connectivity index (χ2v) is 4.56. The van der Waals surface area contributed by atoms with E-state index in [1.165, 1.54) is 0 Å². The Labute approximate surface area is 96.5 Å². The van der Waals surface area contributed by atoms with Gasteiger partial charge in [0, 0.05) is 21.6 Å². The summed E-state index contributed by atoms with van der Waals surface area (Å²) in [5.74, 6) is 0. The number of aromatic amines is 1. The molecule has 1 N–H and O–H groups in total. The van der Waals surface area contributed by atoms with Crippen LogP contribution in [-0.2, 0) is 6.42 Å². The molecule has 1 aromatic carbocycles. The van der Waals surface area contributed by atoms with Gasteiger partial charge in [-0.25, -0.2) is 0 Å². The van der Waals surface area contributed by atoms with E-state index in [4.69, 9.17) is 0 Å². The molecule has 0 aliphatic carbocycles. The third-order valence-corrected chi connectivity index (χ3v) is 3.07. The average molecular weight is 266 g/mol. The predicted octanol–water partition coefficient (Wildman–Crippen LogP) is 3.16. The molecule has 0 saturated carbocycles. The minimum absolute atomic E-state index is 0.135. The Morgan fingerprint density at radius 2 is 2.13 bits per heavy atom. The topological polar surface area (TPSA) is 32.9 Å².